The van der Waals surface area contributed by atoms with Crippen LogP contribution in [0.25, 0.3) is 11.1 Å². The zero-order valence-electron chi connectivity index (χ0n) is 15.5. The predicted molar refractivity (Wildman–Crippen MR) is 120 cm³/mol. The lowest BCUT2D eigenvalue weighted by Gasteiger charge is -2.32. The number of thiophene rings is 2. The van der Waals surface area contributed by atoms with Gasteiger partial charge < -0.3 is 10.1 Å². The van der Waals surface area contributed by atoms with E-state index in [0.29, 0.717) is 5.69 Å². The summed E-state index contributed by atoms with van der Waals surface area (Å²) in [5, 5.41) is 7.02. The summed E-state index contributed by atoms with van der Waals surface area (Å²) in [4.78, 5) is 14.4. The molecule has 3 heterocycles. The number of nitrogens with one attached hydrogen (secondary N) is 1. The lowest BCUT2D eigenvalue weighted by Crippen LogP contribution is -2.31. The highest BCUT2D eigenvalue weighted by atomic mass is 35.5. The molecule has 2 aromatic heterocycles. The summed E-state index contributed by atoms with van der Waals surface area (Å²) in [5.41, 5.74) is 2.24. The highest BCUT2D eigenvalue weighted by Crippen LogP contribution is 2.49. The van der Waals surface area contributed by atoms with Crippen LogP contribution in [0.3, 0.4) is 0 Å². The highest BCUT2D eigenvalue weighted by Gasteiger charge is 2.44. The van der Waals surface area contributed by atoms with Crippen molar-refractivity contribution < 1.29 is 13.9 Å². The summed E-state index contributed by atoms with van der Waals surface area (Å²) in [6.45, 7) is -0.0673. The zero-order chi connectivity index (χ0) is 20.7. The Balaban J connectivity index is 1.78. The molecule has 0 aliphatic carbocycles. The van der Waals surface area contributed by atoms with Crippen molar-refractivity contribution in [3.63, 3.8) is 0 Å². The Bertz CT molecular complexity index is 1190. The van der Waals surface area contributed by atoms with Crippen LogP contribution < -0.4 is 5.32 Å². The Hall–Kier alpha value is -2.51. The average molecular weight is 456 g/mol. The van der Waals surface area contributed by atoms with Crippen molar-refractivity contribution in [1.29, 1.82) is 0 Å². The molecule has 3 nitrogen and oxygen atoms in total. The van der Waals surface area contributed by atoms with Gasteiger partial charge in [0.05, 0.1) is 5.02 Å². The molecule has 0 atom stereocenters. The summed E-state index contributed by atoms with van der Waals surface area (Å²) in [5.74, 6) is -0.666. The van der Waals surface area contributed by atoms with Gasteiger partial charge in [-0.15, -0.1) is 22.7 Å². The molecule has 1 aliphatic heterocycles. The van der Waals surface area contributed by atoms with E-state index in [4.69, 9.17) is 16.3 Å². The standard InChI is InChI=1S/C23H15ClFNO2S2/c24-17-12-15(5-7-18(17)25)14-6-8-19-16(11-14)23(20-3-1-9-29-20,21-4-2-10-30-21)28-13-22(27)26-19/h1-12H,13H2,(H,26,27). The van der Waals surface area contributed by atoms with Gasteiger partial charge in [-0.1, -0.05) is 35.9 Å². The summed E-state index contributed by atoms with van der Waals surface area (Å²) in [6.07, 6.45) is 0. The van der Waals surface area contributed by atoms with Gasteiger partial charge in [-0.05, 0) is 58.3 Å². The molecule has 0 fully saturated rings. The molecule has 7 heteroatoms. The molecule has 0 saturated heterocycles. The van der Waals surface area contributed by atoms with Crippen LogP contribution in [0.2, 0.25) is 5.02 Å². The molecule has 4 aromatic rings. The topological polar surface area (TPSA) is 38.3 Å². The number of carbonyl (C=O) groups excluding carboxylic acids is 1. The van der Waals surface area contributed by atoms with Crippen LogP contribution >= 0.6 is 34.3 Å². The van der Waals surface area contributed by atoms with Gasteiger partial charge in [0, 0.05) is 21.0 Å². The summed E-state index contributed by atoms with van der Waals surface area (Å²) in [7, 11) is 0. The molecule has 0 unspecified atom stereocenters. The van der Waals surface area contributed by atoms with Crippen LogP contribution in [0.1, 0.15) is 15.3 Å². The number of halogens is 2. The number of rotatable bonds is 3. The number of ether oxygens (including phenoxy) is 1. The van der Waals surface area contributed by atoms with E-state index in [2.05, 4.69) is 5.32 Å². The van der Waals surface area contributed by atoms with Crippen molar-refractivity contribution in [3.05, 3.63) is 97.6 Å². The van der Waals surface area contributed by atoms with Gasteiger partial charge in [-0.3, -0.25) is 4.79 Å². The van der Waals surface area contributed by atoms with E-state index in [0.717, 1.165) is 26.4 Å². The third-order valence-corrected chi connectivity index (χ3v) is 7.31. The number of anilines is 1. The monoisotopic (exact) mass is 455 g/mol. The normalized spacial score (nSPS) is 15.3. The van der Waals surface area contributed by atoms with Crippen LogP contribution in [0.4, 0.5) is 10.1 Å². The van der Waals surface area contributed by atoms with Gasteiger partial charge in [0.1, 0.15) is 12.4 Å². The van der Waals surface area contributed by atoms with E-state index >= 15 is 0 Å². The average Bonchev–Trinajstić information content (AvgIpc) is 3.45. The third-order valence-electron chi connectivity index (χ3n) is 5.08. The van der Waals surface area contributed by atoms with Gasteiger partial charge in [-0.25, -0.2) is 4.39 Å². The molecule has 5 rings (SSSR count). The fraction of sp³-hybridized carbons (Fsp3) is 0.0870. The van der Waals surface area contributed by atoms with Crippen molar-refractivity contribution in [2.75, 3.05) is 11.9 Å². The summed E-state index contributed by atoms with van der Waals surface area (Å²) in [6, 6.07) is 18.4. The highest BCUT2D eigenvalue weighted by molar-refractivity contribution is 7.11. The van der Waals surface area contributed by atoms with Crippen molar-refractivity contribution >= 4 is 45.9 Å². The minimum atomic E-state index is -0.920. The third kappa shape index (κ3) is 3.17. The Morgan fingerprint density at radius 2 is 1.63 bits per heavy atom. The predicted octanol–water partition coefficient (Wildman–Crippen LogP) is 6.53. The molecule has 1 aliphatic rings. The van der Waals surface area contributed by atoms with Crippen LogP contribution in [-0.4, -0.2) is 12.5 Å². The minimum Gasteiger partial charge on any atom is -0.349 e. The van der Waals surface area contributed by atoms with E-state index in [-0.39, 0.29) is 17.5 Å². The second-order valence-electron chi connectivity index (χ2n) is 6.86. The smallest absolute Gasteiger partial charge is 0.250 e. The maximum atomic E-state index is 13.7. The first-order chi connectivity index (χ1) is 14.6. The summed E-state index contributed by atoms with van der Waals surface area (Å²) >= 11 is 9.17. The SMILES string of the molecule is O=C1COC(c2cccs2)(c2cccs2)c2cc(-c3ccc(F)c(Cl)c3)ccc2N1. The Labute approximate surface area is 185 Å². The van der Waals surface area contributed by atoms with Crippen LogP contribution in [-0.2, 0) is 15.1 Å². The Morgan fingerprint density at radius 1 is 0.967 bits per heavy atom. The molecule has 0 saturated carbocycles. The molecule has 2 aromatic carbocycles. The quantitative estimate of drug-likeness (QED) is 0.381. The lowest BCUT2D eigenvalue weighted by atomic mass is 9.86. The molecular weight excluding hydrogens is 441 g/mol. The van der Waals surface area contributed by atoms with Crippen molar-refractivity contribution in [2.45, 2.75) is 5.60 Å². The molecule has 150 valence electrons. The van der Waals surface area contributed by atoms with Crippen LogP contribution in [0.15, 0.2) is 71.4 Å². The maximum absolute atomic E-state index is 13.7. The Kier molecular flexibility index (Phi) is 4.95. The van der Waals surface area contributed by atoms with Gasteiger partial charge in [0.25, 0.3) is 0 Å². The molecule has 0 bridgehead atoms. The number of hydrogen-bond donors (Lipinski definition) is 1. The summed E-state index contributed by atoms with van der Waals surface area (Å²) < 4.78 is 20.1. The Morgan fingerprint density at radius 3 is 2.27 bits per heavy atom. The van der Waals surface area contributed by atoms with Crippen LogP contribution in [0, 0.1) is 5.82 Å². The van der Waals surface area contributed by atoms with Gasteiger partial charge in [0.2, 0.25) is 5.91 Å². The van der Waals surface area contributed by atoms with E-state index in [9.17, 15) is 9.18 Å². The first kappa shape index (κ1) is 19.5. The largest absolute Gasteiger partial charge is 0.349 e. The van der Waals surface area contributed by atoms with Gasteiger partial charge in [-0.2, -0.15) is 0 Å². The number of fused-ring (bicyclic) bond motifs is 1. The van der Waals surface area contributed by atoms with Crippen LogP contribution in [0.5, 0.6) is 0 Å². The van der Waals surface area contributed by atoms with E-state index in [1.165, 1.54) is 6.07 Å². The van der Waals surface area contributed by atoms with Gasteiger partial charge >= 0.3 is 0 Å². The van der Waals surface area contributed by atoms with E-state index < -0.39 is 11.4 Å². The second-order valence-corrected chi connectivity index (χ2v) is 9.16. The first-order valence-corrected chi connectivity index (χ1v) is 11.3. The molecule has 30 heavy (non-hydrogen) atoms. The fourth-order valence-corrected chi connectivity index (χ4v) is 5.78. The minimum absolute atomic E-state index is 0.0646. The molecule has 0 radical (unpaired) electrons. The number of hydrogen-bond acceptors (Lipinski definition) is 4. The second kappa shape index (κ2) is 7.63. The van der Waals surface area contributed by atoms with Crippen molar-refractivity contribution in [1.82, 2.24) is 0 Å². The molecular formula is C23H15ClFNO2S2. The number of carbonyl (C=O) groups is 1. The van der Waals surface area contributed by atoms with Crippen molar-refractivity contribution in [3.8, 4) is 11.1 Å². The van der Waals surface area contributed by atoms with Gasteiger partial charge in [0.15, 0.2) is 5.60 Å². The van der Waals surface area contributed by atoms with Crippen molar-refractivity contribution in [2.24, 2.45) is 0 Å². The molecule has 1 N–H and O–H groups in total. The maximum Gasteiger partial charge on any atom is 0.250 e. The molecule has 0 spiro atoms. The number of amides is 1. The fourth-order valence-electron chi connectivity index (χ4n) is 3.72. The molecule has 1 amide bonds. The lowest BCUT2D eigenvalue weighted by molar-refractivity contribution is -0.123. The zero-order valence-corrected chi connectivity index (χ0v) is 17.9. The number of benzene rings is 2. The van der Waals surface area contributed by atoms with E-state index in [1.54, 1.807) is 34.8 Å². The van der Waals surface area contributed by atoms with E-state index in [1.807, 2.05) is 53.2 Å². The first-order valence-electron chi connectivity index (χ1n) is 9.19.